The molecule has 1 aliphatic rings. The maximum absolute atomic E-state index is 6.24. The Hall–Kier alpha value is -1.36. The SMILES string of the molecule is CNCCCN1c2ccc(OC(C)C)cc2Sc2ccc(Cl)cc21. The molecule has 0 saturated carbocycles. The van der Waals surface area contributed by atoms with E-state index in [0.29, 0.717) is 0 Å². The molecule has 0 unspecified atom stereocenters. The number of nitrogens with zero attached hydrogens (tertiary/aromatic N) is 1. The van der Waals surface area contributed by atoms with Gasteiger partial charge in [0.2, 0.25) is 0 Å². The van der Waals surface area contributed by atoms with Gasteiger partial charge < -0.3 is 15.0 Å². The van der Waals surface area contributed by atoms with Gasteiger partial charge in [0.25, 0.3) is 0 Å². The molecule has 2 aromatic carbocycles. The molecule has 0 saturated heterocycles. The molecule has 1 heterocycles. The summed E-state index contributed by atoms with van der Waals surface area (Å²) in [6.45, 7) is 6.04. The van der Waals surface area contributed by atoms with Crippen LogP contribution in [0.3, 0.4) is 0 Å². The van der Waals surface area contributed by atoms with E-state index < -0.39 is 0 Å². The van der Waals surface area contributed by atoms with Crippen molar-refractivity contribution in [1.82, 2.24) is 5.32 Å². The minimum atomic E-state index is 0.175. The zero-order chi connectivity index (χ0) is 17.1. The second kappa shape index (κ2) is 7.68. The molecule has 5 heteroatoms. The number of halogens is 1. The second-order valence-electron chi connectivity index (χ2n) is 6.12. The lowest BCUT2D eigenvalue weighted by Crippen LogP contribution is -2.24. The van der Waals surface area contributed by atoms with Gasteiger partial charge >= 0.3 is 0 Å². The number of fused-ring (bicyclic) bond motifs is 2. The van der Waals surface area contributed by atoms with Crippen molar-refractivity contribution in [3.05, 3.63) is 41.4 Å². The number of benzene rings is 2. The van der Waals surface area contributed by atoms with E-state index in [9.17, 15) is 0 Å². The summed E-state index contributed by atoms with van der Waals surface area (Å²) >= 11 is 8.02. The van der Waals surface area contributed by atoms with Crippen molar-refractivity contribution in [2.75, 3.05) is 25.0 Å². The highest BCUT2D eigenvalue weighted by molar-refractivity contribution is 7.99. The lowest BCUT2D eigenvalue weighted by atomic mass is 10.2. The molecule has 1 aliphatic heterocycles. The molecule has 1 N–H and O–H groups in total. The molecule has 0 fully saturated rings. The van der Waals surface area contributed by atoms with Crippen molar-refractivity contribution in [3.8, 4) is 5.75 Å². The number of nitrogens with one attached hydrogen (secondary N) is 1. The summed E-state index contributed by atoms with van der Waals surface area (Å²) in [4.78, 5) is 4.83. The molecule has 128 valence electrons. The highest BCUT2D eigenvalue weighted by Crippen LogP contribution is 2.49. The van der Waals surface area contributed by atoms with Gasteiger partial charge in [-0.1, -0.05) is 23.4 Å². The highest BCUT2D eigenvalue weighted by Gasteiger charge is 2.24. The monoisotopic (exact) mass is 362 g/mol. The summed E-state index contributed by atoms with van der Waals surface area (Å²) in [5.74, 6) is 0.920. The Morgan fingerprint density at radius 1 is 1.12 bits per heavy atom. The van der Waals surface area contributed by atoms with Crippen LogP contribution in [0.1, 0.15) is 20.3 Å². The fourth-order valence-corrected chi connectivity index (χ4v) is 4.11. The second-order valence-corrected chi connectivity index (χ2v) is 7.64. The van der Waals surface area contributed by atoms with Crippen molar-refractivity contribution in [2.24, 2.45) is 0 Å². The lowest BCUT2D eigenvalue weighted by molar-refractivity contribution is 0.242. The normalized spacial score (nSPS) is 13.0. The Bertz CT molecular complexity index is 721. The molecule has 3 rings (SSSR count). The van der Waals surface area contributed by atoms with Crippen molar-refractivity contribution in [3.63, 3.8) is 0 Å². The van der Waals surface area contributed by atoms with Crippen LogP contribution in [0.25, 0.3) is 0 Å². The van der Waals surface area contributed by atoms with Crippen molar-refractivity contribution in [1.29, 1.82) is 0 Å². The minimum absolute atomic E-state index is 0.175. The molecule has 0 radical (unpaired) electrons. The summed E-state index contributed by atoms with van der Waals surface area (Å²) < 4.78 is 5.86. The van der Waals surface area contributed by atoms with Crippen LogP contribution in [0.4, 0.5) is 11.4 Å². The van der Waals surface area contributed by atoms with E-state index in [1.165, 1.54) is 21.2 Å². The van der Waals surface area contributed by atoms with E-state index in [-0.39, 0.29) is 6.10 Å². The van der Waals surface area contributed by atoms with Crippen LogP contribution >= 0.6 is 23.4 Å². The standard InChI is InChI=1S/C19H23ClN2OS/c1-13(2)23-15-6-7-16-19(12-15)24-18-8-5-14(20)11-17(18)22(16)10-4-9-21-3/h5-8,11-13,21H,4,9-10H2,1-3H3. The Morgan fingerprint density at radius 3 is 2.71 bits per heavy atom. The molecule has 0 amide bonds. The van der Waals surface area contributed by atoms with Crippen LogP contribution in [0, 0.1) is 0 Å². The molecule has 0 aliphatic carbocycles. The van der Waals surface area contributed by atoms with E-state index in [2.05, 4.69) is 40.5 Å². The van der Waals surface area contributed by atoms with Gasteiger partial charge in [-0.05, 0) is 70.3 Å². The fourth-order valence-electron chi connectivity index (χ4n) is 2.84. The summed E-state index contributed by atoms with van der Waals surface area (Å²) in [7, 11) is 1.99. The number of rotatable bonds is 6. The third kappa shape index (κ3) is 3.82. The van der Waals surface area contributed by atoms with Crippen LogP contribution in [0.15, 0.2) is 46.2 Å². The van der Waals surface area contributed by atoms with Gasteiger partial charge in [-0.2, -0.15) is 0 Å². The van der Waals surface area contributed by atoms with Crippen molar-refractivity contribution in [2.45, 2.75) is 36.2 Å². The minimum Gasteiger partial charge on any atom is -0.491 e. The van der Waals surface area contributed by atoms with Gasteiger partial charge in [-0.15, -0.1) is 0 Å². The molecule has 0 aromatic heterocycles. The van der Waals surface area contributed by atoms with Crippen LogP contribution in [-0.2, 0) is 0 Å². The summed E-state index contributed by atoms with van der Waals surface area (Å²) in [5.41, 5.74) is 2.41. The molecular formula is C19H23ClN2OS. The predicted molar refractivity (Wildman–Crippen MR) is 103 cm³/mol. The van der Waals surface area contributed by atoms with E-state index in [1.54, 1.807) is 11.8 Å². The van der Waals surface area contributed by atoms with Crippen molar-refractivity contribution >= 4 is 34.7 Å². The van der Waals surface area contributed by atoms with Gasteiger partial charge in [0.1, 0.15) is 5.75 Å². The molecule has 0 bridgehead atoms. The van der Waals surface area contributed by atoms with E-state index in [4.69, 9.17) is 16.3 Å². The highest BCUT2D eigenvalue weighted by atomic mass is 35.5. The van der Waals surface area contributed by atoms with Crippen LogP contribution in [0.2, 0.25) is 5.02 Å². The van der Waals surface area contributed by atoms with Crippen LogP contribution in [-0.4, -0.2) is 26.2 Å². The van der Waals surface area contributed by atoms with Crippen LogP contribution < -0.4 is 15.0 Å². The zero-order valence-corrected chi connectivity index (χ0v) is 15.9. The Labute approximate surface area is 153 Å². The van der Waals surface area contributed by atoms with Gasteiger partial charge in [-0.25, -0.2) is 0 Å². The number of hydrogen-bond acceptors (Lipinski definition) is 4. The maximum Gasteiger partial charge on any atom is 0.120 e. The first-order valence-electron chi connectivity index (χ1n) is 8.28. The summed E-state index contributed by atoms with van der Waals surface area (Å²) in [6, 6.07) is 12.5. The average molecular weight is 363 g/mol. The van der Waals surface area contributed by atoms with Gasteiger partial charge in [0.15, 0.2) is 0 Å². The first-order chi connectivity index (χ1) is 11.6. The molecule has 3 nitrogen and oxygen atoms in total. The van der Waals surface area contributed by atoms with Gasteiger partial charge in [0, 0.05) is 21.4 Å². The Morgan fingerprint density at radius 2 is 1.96 bits per heavy atom. The van der Waals surface area contributed by atoms with E-state index in [1.807, 2.05) is 27.0 Å². The molecular weight excluding hydrogens is 340 g/mol. The topological polar surface area (TPSA) is 24.5 Å². The largest absolute Gasteiger partial charge is 0.491 e. The number of hydrogen-bond donors (Lipinski definition) is 1. The van der Waals surface area contributed by atoms with E-state index >= 15 is 0 Å². The maximum atomic E-state index is 6.24. The fraction of sp³-hybridized carbons (Fsp3) is 0.368. The lowest BCUT2D eigenvalue weighted by Gasteiger charge is -2.33. The molecule has 0 atom stereocenters. The van der Waals surface area contributed by atoms with Gasteiger partial charge in [0.05, 0.1) is 17.5 Å². The Kier molecular flexibility index (Phi) is 5.59. The van der Waals surface area contributed by atoms with Gasteiger partial charge in [-0.3, -0.25) is 0 Å². The van der Waals surface area contributed by atoms with Crippen molar-refractivity contribution < 1.29 is 4.74 Å². The van der Waals surface area contributed by atoms with Crippen LogP contribution in [0.5, 0.6) is 5.75 Å². The molecule has 2 aromatic rings. The number of ether oxygens (including phenoxy) is 1. The molecule has 24 heavy (non-hydrogen) atoms. The summed E-state index contributed by atoms with van der Waals surface area (Å²) in [6.07, 6.45) is 1.24. The third-order valence-corrected chi connectivity index (χ3v) is 5.18. The molecule has 0 spiro atoms. The Balaban J connectivity index is 1.96. The van der Waals surface area contributed by atoms with E-state index in [0.717, 1.165) is 30.3 Å². The average Bonchev–Trinajstić information content (AvgIpc) is 2.54. The predicted octanol–water partition coefficient (Wildman–Crippen LogP) is 5.34. The summed E-state index contributed by atoms with van der Waals surface area (Å²) in [5, 5.41) is 3.99. The zero-order valence-electron chi connectivity index (χ0n) is 14.3. The quantitative estimate of drug-likeness (QED) is 0.701. The first-order valence-corrected chi connectivity index (χ1v) is 9.48. The third-order valence-electron chi connectivity index (χ3n) is 3.83. The number of anilines is 2. The smallest absolute Gasteiger partial charge is 0.120 e. The first kappa shape index (κ1) is 17.5.